The summed E-state index contributed by atoms with van der Waals surface area (Å²) in [6.45, 7) is 1.97. The molecule has 106 valence electrons. The molecule has 0 aromatic heterocycles. The van der Waals surface area contributed by atoms with E-state index in [1.165, 1.54) is 0 Å². The van der Waals surface area contributed by atoms with Gasteiger partial charge in [0.1, 0.15) is 0 Å². The Balaban J connectivity index is 2.29. The van der Waals surface area contributed by atoms with Crippen molar-refractivity contribution in [3.05, 3.63) is 65.2 Å². The molecule has 1 atom stereocenters. The van der Waals surface area contributed by atoms with E-state index in [4.69, 9.17) is 16.9 Å². The van der Waals surface area contributed by atoms with Gasteiger partial charge in [-0.1, -0.05) is 48.0 Å². The van der Waals surface area contributed by atoms with Crippen molar-refractivity contribution in [2.24, 2.45) is 5.10 Å². The van der Waals surface area contributed by atoms with Crippen molar-refractivity contribution in [1.29, 1.82) is 5.26 Å². The summed E-state index contributed by atoms with van der Waals surface area (Å²) >= 11 is 6.13. The van der Waals surface area contributed by atoms with E-state index in [1.807, 2.05) is 66.5 Å². The fourth-order valence-electron chi connectivity index (χ4n) is 1.94. The fraction of sp³-hybridized carbons (Fsp3) is 0.176. The first-order chi connectivity index (χ1) is 10.2. The lowest BCUT2D eigenvalue weighted by Gasteiger charge is -2.24. The second kappa shape index (κ2) is 7.47. The summed E-state index contributed by atoms with van der Waals surface area (Å²) < 4.78 is 0. The van der Waals surface area contributed by atoms with Gasteiger partial charge in [0, 0.05) is 10.6 Å². The minimum Gasteiger partial charge on any atom is -0.262 e. The van der Waals surface area contributed by atoms with E-state index in [1.54, 1.807) is 6.21 Å². The fourth-order valence-corrected chi connectivity index (χ4v) is 2.12. The van der Waals surface area contributed by atoms with Gasteiger partial charge in [-0.15, -0.1) is 0 Å². The third kappa shape index (κ3) is 4.08. The maximum Gasteiger partial charge on any atom is 0.0644 e. The molecule has 0 saturated carbocycles. The highest BCUT2D eigenvalue weighted by atomic mass is 35.5. The van der Waals surface area contributed by atoms with Crippen LogP contribution in [0.4, 0.5) is 5.69 Å². The molecular weight excluding hydrogens is 282 g/mol. The molecule has 0 heterocycles. The smallest absolute Gasteiger partial charge is 0.0644 e. The van der Waals surface area contributed by atoms with E-state index in [9.17, 15) is 0 Å². The SMILES string of the molecule is CC(CC#N)N(/N=C/c1ccccc1Cl)c1ccccc1. The summed E-state index contributed by atoms with van der Waals surface area (Å²) in [6, 6.07) is 19.5. The summed E-state index contributed by atoms with van der Waals surface area (Å²) in [6.07, 6.45) is 2.12. The molecule has 2 aromatic rings. The number of para-hydroxylation sites is 1. The van der Waals surface area contributed by atoms with Crippen molar-refractivity contribution in [2.45, 2.75) is 19.4 Å². The predicted octanol–water partition coefficient (Wildman–Crippen LogP) is 4.48. The van der Waals surface area contributed by atoms with Gasteiger partial charge in [0.15, 0.2) is 0 Å². The number of nitrogens with zero attached hydrogens (tertiary/aromatic N) is 3. The Morgan fingerprint density at radius 2 is 1.86 bits per heavy atom. The Morgan fingerprint density at radius 3 is 2.52 bits per heavy atom. The maximum atomic E-state index is 8.91. The van der Waals surface area contributed by atoms with Gasteiger partial charge in [-0.3, -0.25) is 5.01 Å². The van der Waals surface area contributed by atoms with Crippen LogP contribution in [0, 0.1) is 11.3 Å². The third-order valence-corrected chi connectivity index (χ3v) is 3.40. The first-order valence-electron chi connectivity index (χ1n) is 6.72. The molecule has 0 radical (unpaired) electrons. The molecular formula is C17H16ClN3. The molecule has 0 fully saturated rings. The summed E-state index contributed by atoms with van der Waals surface area (Å²) in [5.74, 6) is 0. The highest BCUT2D eigenvalue weighted by Gasteiger charge is 2.13. The van der Waals surface area contributed by atoms with Crippen molar-refractivity contribution >= 4 is 23.5 Å². The van der Waals surface area contributed by atoms with Crippen LogP contribution in [0.25, 0.3) is 0 Å². The van der Waals surface area contributed by atoms with E-state index < -0.39 is 0 Å². The lowest BCUT2D eigenvalue weighted by Crippen LogP contribution is -2.27. The van der Waals surface area contributed by atoms with Crippen molar-refractivity contribution in [3.63, 3.8) is 0 Å². The van der Waals surface area contributed by atoms with Gasteiger partial charge in [-0.2, -0.15) is 10.4 Å². The molecule has 0 spiro atoms. The van der Waals surface area contributed by atoms with E-state index in [2.05, 4.69) is 11.2 Å². The maximum absolute atomic E-state index is 8.91. The molecule has 0 saturated heterocycles. The summed E-state index contributed by atoms with van der Waals surface area (Å²) in [5.41, 5.74) is 1.80. The topological polar surface area (TPSA) is 39.4 Å². The standard InChI is InChI=1S/C17H16ClN3/c1-14(11-12-19)21(16-8-3-2-4-9-16)20-13-15-7-5-6-10-17(15)18/h2-10,13-14H,11H2,1H3/b20-13+. The Hall–Kier alpha value is -2.31. The van der Waals surface area contributed by atoms with Gasteiger partial charge >= 0.3 is 0 Å². The summed E-state index contributed by atoms with van der Waals surface area (Å²) in [7, 11) is 0. The zero-order valence-electron chi connectivity index (χ0n) is 11.8. The summed E-state index contributed by atoms with van der Waals surface area (Å²) in [4.78, 5) is 0. The van der Waals surface area contributed by atoms with Crippen LogP contribution in [0.3, 0.4) is 0 Å². The monoisotopic (exact) mass is 297 g/mol. The van der Waals surface area contributed by atoms with Gasteiger partial charge in [0.2, 0.25) is 0 Å². The Bertz CT molecular complexity index is 647. The minimum absolute atomic E-state index is 0.0175. The zero-order chi connectivity index (χ0) is 15.1. The molecule has 0 amide bonds. The largest absolute Gasteiger partial charge is 0.262 e. The van der Waals surface area contributed by atoms with Crippen molar-refractivity contribution in [1.82, 2.24) is 0 Å². The molecule has 2 aromatic carbocycles. The Kier molecular flexibility index (Phi) is 5.36. The molecule has 0 N–H and O–H groups in total. The zero-order valence-corrected chi connectivity index (χ0v) is 12.5. The highest BCUT2D eigenvalue weighted by molar-refractivity contribution is 6.33. The van der Waals surface area contributed by atoms with Gasteiger partial charge in [-0.05, 0) is 25.1 Å². The molecule has 2 rings (SSSR count). The van der Waals surface area contributed by atoms with Gasteiger partial charge < -0.3 is 0 Å². The third-order valence-electron chi connectivity index (χ3n) is 3.05. The van der Waals surface area contributed by atoms with Crippen LogP contribution in [0.15, 0.2) is 59.7 Å². The summed E-state index contributed by atoms with van der Waals surface area (Å²) in [5, 5.41) is 15.9. The Morgan fingerprint density at radius 1 is 1.19 bits per heavy atom. The highest BCUT2D eigenvalue weighted by Crippen LogP contribution is 2.19. The van der Waals surface area contributed by atoms with E-state index in [0.717, 1.165) is 11.3 Å². The second-order valence-corrected chi connectivity index (χ2v) is 5.06. The van der Waals surface area contributed by atoms with Crippen molar-refractivity contribution in [3.8, 4) is 6.07 Å². The van der Waals surface area contributed by atoms with Crippen LogP contribution in [0.2, 0.25) is 5.02 Å². The molecule has 4 heteroatoms. The average molecular weight is 298 g/mol. The molecule has 21 heavy (non-hydrogen) atoms. The predicted molar refractivity (Wildman–Crippen MR) is 87.7 cm³/mol. The minimum atomic E-state index is -0.0175. The number of benzene rings is 2. The number of halogens is 1. The molecule has 0 bridgehead atoms. The quantitative estimate of drug-likeness (QED) is 0.603. The molecule has 0 aliphatic rings. The van der Waals surface area contributed by atoms with Gasteiger partial charge in [-0.25, -0.2) is 0 Å². The van der Waals surface area contributed by atoms with Crippen molar-refractivity contribution in [2.75, 3.05) is 5.01 Å². The van der Waals surface area contributed by atoms with Crippen LogP contribution < -0.4 is 5.01 Å². The van der Waals surface area contributed by atoms with Crippen LogP contribution >= 0.6 is 11.6 Å². The molecule has 1 unspecified atom stereocenters. The van der Waals surface area contributed by atoms with E-state index >= 15 is 0 Å². The first kappa shape index (κ1) is 15.1. The van der Waals surface area contributed by atoms with Gasteiger partial charge in [0.05, 0.1) is 30.4 Å². The molecule has 3 nitrogen and oxygen atoms in total. The lowest BCUT2D eigenvalue weighted by molar-refractivity contribution is 0.670. The number of anilines is 1. The first-order valence-corrected chi connectivity index (χ1v) is 7.10. The van der Waals surface area contributed by atoms with E-state index in [0.29, 0.717) is 11.4 Å². The van der Waals surface area contributed by atoms with Crippen LogP contribution in [0.1, 0.15) is 18.9 Å². The van der Waals surface area contributed by atoms with Crippen molar-refractivity contribution < 1.29 is 0 Å². The number of hydrogen-bond acceptors (Lipinski definition) is 3. The van der Waals surface area contributed by atoms with Crippen LogP contribution in [0.5, 0.6) is 0 Å². The molecule has 0 aliphatic heterocycles. The number of nitriles is 1. The molecule has 0 aliphatic carbocycles. The van der Waals surface area contributed by atoms with Gasteiger partial charge in [0.25, 0.3) is 0 Å². The normalized spacial score (nSPS) is 12.0. The van der Waals surface area contributed by atoms with E-state index in [-0.39, 0.29) is 6.04 Å². The number of hydrogen-bond donors (Lipinski definition) is 0. The lowest BCUT2D eigenvalue weighted by atomic mass is 10.2. The van der Waals surface area contributed by atoms with Crippen LogP contribution in [-0.2, 0) is 0 Å². The number of hydrazone groups is 1. The average Bonchev–Trinajstić information content (AvgIpc) is 2.50. The second-order valence-electron chi connectivity index (χ2n) is 4.66. The van der Waals surface area contributed by atoms with Crippen LogP contribution in [-0.4, -0.2) is 12.3 Å². The Labute approximate surface area is 130 Å². The number of rotatable bonds is 5.